The van der Waals surface area contributed by atoms with E-state index in [2.05, 4.69) is 27.5 Å². The minimum absolute atomic E-state index is 0.0754. The number of carbonyl (C=O) groups is 2. The first-order chi connectivity index (χ1) is 13.2. The number of amides is 3. The molecule has 3 N–H and O–H groups in total. The van der Waals surface area contributed by atoms with Crippen molar-refractivity contribution in [1.82, 2.24) is 15.6 Å². The Hall–Kier alpha value is -3.72. The van der Waals surface area contributed by atoms with Crippen LogP contribution in [0.5, 0.6) is 0 Å². The number of nitrogens with zero attached hydrogens (tertiary/aromatic N) is 1. The number of fused-ring (bicyclic) bond motifs is 1. The lowest BCUT2D eigenvalue weighted by atomic mass is 10.2. The van der Waals surface area contributed by atoms with Gasteiger partial charge in [-0.05, 0) is 36.4 Å². The molecule has 0 unspecified atom stereocenters. The van der Waals surface area contributed by atoms with Crippen molar-refractivity contribution >= 4 is 28.5 Å². The van der Waals surface area contributed by atoms with E-state index in [-0.39, 0.29) is 18.5 Å². The number of aromatic nitrogens is 1. The number of carbonyl (C=O) groups excluding carboxylic acids is 2. The molecule has 6 nitrogen and oxygen atoms in total. The second kappa shape index (κ2) is 7.26. The van der Waals surface area contributed by atoms with Crippen molar-refractivity contribution in [3.63, 3.8) is 0 Å². The van der Waals surface area contributed by atoms with Gasteiger partial charge in [0.05, 0.1) is 6.54 Å². The van der Waals surface area contributed by atoms with Crippen LogP contribution in [0.15, 0.2) is 54.6 Å². The van der Waals surface area contributed by atoms with E-state index in [1.165, 1.54) is 0 Å². The average Bonchev–Trinajstić information content (AvgIpc) is 3.31. The van der Waals surface area contributed by atoms with Gasteiger partial charge in [0, 0.05) is 35.2 Å². The molecule has 1 aliphatic heterocycles. The van der Waals surface area contributed by atoms with Crippen LogP contribution in [0, 0.1) is 11.8 Å². The molecule has 0 spiro atoms. The standard InChI is InChI=1S/C21H18N4O2/c26-20(19-14-16-5-1-2-6-18(16)24-19)22-11-3-4-15-7-9-17(10-8-15)25-13-12-23-21(25)27/h1-2,5-10,14,24H,11-13H2,(H,22,26)(H,23,27). The van der Waals surface area contributed by atoms with Gasteiger partial charge in [-0.25, -0.2) is 4.79 Å². The molecule has 0 bridgehead atoms. The predicted octanol–water partition coefficient (Wildman–Crippen LogP) is 2.48. The SMILES string of the molecule is O=C(NCC#Cc1ccc(N2CCNC2=O)cc1)c1cc2ccccc2[nH]1. The summed E-state index contributed by atoms with van der Waals surface area (Å²) in [5.74, 6) is 5.77. The molecule has 1 aromatic heterocycles. The van der Waals surface area contributed by atoms with Crippen molar-refractivity contribution in [2.45, 2.75) is 0 Å². The largest absolute Gasteiger partial charge is 0.351 e. The maximum absolute atomic E-state index is 12.2. The zero-order valence-corrected chi connectivity index (χ0v) is 14.6. The summed E-state index contributed by atoms with van der Waals surface area (Å²) in [6, 6.07) is 17.0. The first kappa shape index (κ1) is 16.7. The number of hydrogen-bond acceptors (Lipinski definition) is 2. The van der Waals surface area contributed by atoms with E-state index in [1.54, 1.807) is 4.90 Å². The van der Waals surface area contributed by atoms with Gasteiger partial charge in [-0.15, -0.1) is 0 Å². The van der Waals surface area contributed by atoms with E-state index >= 15 is 0 Å². The van der Waals surface area contributed by atoms with Gasteiger partial charge < -0.3 is 15.6 Å². The topological polar surface area (TPSA) is 77.2 Å². The maximum atomic E-state index is 12.2. The molecule has 2 aromatic carbocycles. The molecule has 1 aliphatic rings. The molecule has 134 valence electrons. The molecule has 0 atom stereocenters. The third-order valence-electron chi connectivity index (χ3n) is 4.38. The molecule has 4 rings (SSSR count). The average molecular weight is 358 g/mol. The lowest BCUT2D eigenvalue weighted by Crippen LogP contribution is -2.27. The minimum atomic E-state index is -0.184. The fraction of sp³-hybridized carbons (Fsp3) is 0.143. The number of anilines is 1. The van der Waals surface area contributed by atoms with Gasteiger partial charge in [-0.1, -0.05) is 30.0 Å². The molecule has 0 aliphatic carbocycles. The zero-order chi connectivity index (χ0) is 18.6. The number of nitrogens with one attached hydrogen (secondary N) is 3. The van der Waals surface area contributed by atoms with E-state index in [1.807, 2.05) is 54.6 Å². The van der Waals surface area contributed by atoms with Crippen molar-refractivity contribution in [1.29, 1.82) is 0 Å². The van der Waals surface area contributed by atoms with Crippen LogP contribution < -0.4 is 15.5 Å². The molecule has 2 heterocycles. The number of rotatable bonds is 3. The normalized spacial score (nSPS) is 13.2. The summed E-state index contributed by atoms with van der Waals surface area (Å²) in [5, 5.41) is 6.56. The Morgan fingerprint density at radius 2 is 1.96 bits per heavy atom. The fourth-order valence-electron chi connectivity index (χ4n) is 3.00. The Labute approximate surface area is 156 Å². The molecule has 6 heteroatoms. The van der Waals surface area contributed by atoms with Crippen LogP contribution in [0.2, 0.25) is 0 Å². The highest BCUT2D eigenvalue weighted by atomic mass is 16.2. The summed E-state index contributed by atoms with van der Waals surface area (Å²) in [5.41, 5.74) is 3.13. The summed E-state index contributed by atoms with van der Waals surface area (Å²) in [6.45, 7) is 1.59. The van der Waals surface area contributed by atoms with Gasteiger partial charge in [0.1, 0.15) is 5.69 Å². The second-order valence-corrected chi connectivity index (χ2v) is 6.19. The summed E-state index contributed by atoms with van der Waals surface area (Å²) in [4.78, 5) is 28.6. The summed E-state index contributed by atoms with van der Waals surface area (Å²) >= 11 is 0. The molecular formula is C21H18N4O2. The highest BCUT2D eigenvalue weighted by Crippen LogP contribution is 2.17. The molecule has 0 saturated carbocycles. The van der Waals surface area contributed by atoms with Crippen LogP contribution in [0.4, 0.5) is 10.5 Å². The summed E-state index contributed by atoms with van der Waals surface area (Å²) in [7, 11) is 0. The van der Waals surface area contributed by atoms with E-state index in [4.69, 9.17) is 0 Å². The monoisotopic (exact) mass is 358 g/mol. The van der Waals surface area contributed by atoms with Crippen molar-refractivity contribution < 1.29 is 9.59 Å². The van der Waals surface area contributed by atoms with Crippen LogP contribution >= 0.6 is 0 Å². The number of aromatic amines is 1. The van der Waals surface area contributed by atoms with E-state index in [0.29, 0.717) is 18.8 Å². The minimum Gasteiger partial charge on any atom is -0.351 e. The molecule has 0 radical (unpaired) electrons. The third kappa shape index (κ3) is 3.62. The quantitative estimate of drug-likeness (QED) is 0.629. The number of hydrogen-bond donors (Lipinski definition) is 3. The molecular weight excluding hydrogens is 340 g/mol. The molecule has 3 amide bonds. The zero-order valence-electron chi connectivity index (χ0n) is 14.6. The Bertz CT molecular complexity index is 1020. The third-order valence-corrected chi connectivity index (χ3v) is 4.38. The van der Waals surface area contributed by atoms with Gasteiger partial charge in [-0.2, -0.15) is 0 Å². The number of H-pyrrole nitrogens is 1. The lowest BCUT2D eigenvalue weighted by Gasteiger charge is -2.13. The molecule has 27 heavy (non-hydrogen) atoms. The Morgan fingerprint density at radius 1 is 1.15 bits per heavy atom. The first-order valence-corrected chi connectivity index (χ1v) is 8.71. The van der Waals surface area contributed by atoms with Gasteiger partial charge in [0.25, 0.3) is 5.91 Å². The van der Waals surface area contributed by atoms with Crippen LogP contribution in [-0.2, 0) is 0 Å². The first-order valence-electron chi connectivity index (χ1n) is 8.71. The number of urea groups is 1. The Morgan fingerprint density at radius 3 is 2.70 bits per heavy atom. The van der Waals surface area contributed by atoms with E-state index in [9.17, 15) is 9.59 Å². The van der Waals surface area contributed by atoms with Crippen LogP contribution in [0.25, 0.3) is 10.9 Å². The lowest BCUT2D eigenvalue weighted by molar-refractivity contribution is 0.0954. The molecule has 3 aromatic rings. The predicted molar refractivity (Wildman–Crippen MR) is 105 cm³/mol. The fourth-order valence-corrected chi connectivity index (χ4v) is 3.00. The summed E-state index contributed by atoms with van der Waals surface area (Å²) in [6.07, 6.45) is 0. The van der Waals surface area contributed by atoms with Crippen LogP contribution in [0.1, 0.15) is 16.1 Å². The Balaban J connectivity index is 1.34. The van der Waals surface area contributed by atoms with E-state index < -0.39 is 0 Å². The van der Waals surface area contributed by atoms with Crippen LogP contribution in [-0.4, -0.2) is 36.6 Å². The van der Waals surface area contributed by atoms with Gasteiger partial charge in [-0.3, -0.25) is 9.69 Å². The molecule has 1 saturated heterocycles. The van der Waals surface area contributed by atoms with E-state index in [0.717, 1.165) is 22.2 Å². The smallest absolute Gasteiger partial charge is 0.321 e. The van der Waals surface area contributed by atoms with Crippen molar-refractivity contribution in [3.8, 4) is 11.8 Å². The van der Waals surface area contributed by atoms with Crippen molar-refractivity contribution in [2.75, 3.05) is 24.5 Å². The number of benzene rings is 2. The maximum Gasteiger partial charge on any atom is 0.321 e. The van der Waals surface area contributed by atoms with Gasteiger partial charge in [0.2, 0.25) is 0 Å². The van der Waals surface area contributed by atoms with Crippen LogP contribution in [0.3, 0.4) is 0 Å². The van der Waals surface area contributed by atoms with Gasteiger partial charge in [0.15, 0.2) is 0 Å². The number of para-hydroxylation sites is 1. The van der Waals surface area contributed by atoms with Crippen molar-refractivity contribution in [3.05, 3.63) is 65.9 Å². The molecule has 1 fully saturated rings. The second-order valence-electron chi connectivity index (χ2n) is 6.19. The Kier molecular flexibility index (Phi) is 4.50. The van der Waals surface area contributed by atoms with Gasteiger partial charge >= 0.3 is 6.03 Å². The highest BCUT2D eigenvalue weighted by molar-refractivity contribution is 5.98. The highest BCUT2D eigenvalue weighted by Gasteiger charge is 2.20. The summed E-state index contributed by atoms with van der Waals surface area (Å²) < 4.78 is 0. The van der Waals surface area contributed by atoms with Crippen molar-refractivity contribution in [2.24, 2.45) is 0 Å².